The molecule has 94 valence electrons. The Labute approximate surface area is 119 Å². The molecule has 17 heavy (non-hydrogen) atoms. The van der Waals surface area contributed by atoms with Gasteiger partial charge in [-0.25, -0.2) is 0 Å². The van der Waals surface area contributed by atoms with Gasteiger partial charge in [-0.3, -0.25) is 4.79 Å². The van der Waals surface area contributed by atoms with E-state index in [9.17, 15) is 4.79 Å². The summed E-state index contributed by atoms with van der Waals surface area (Å²) in [5.41, 5.74) is 5.96. The quantitative estimate of drug-likeness (QED) is 0.822. The number of hydrogen-bond acceptors (Lipinski definition) is 2. The second-order valence-corrected chi connectivity index (χ2v) is 5.43. The van der Waals surface area contributed by atoms with Crippen molar-refractivity contribution >= 4 is 50.7 Å². The summed E-state index contributed by atoms with van der Waals surface area (Å²) in [5.74, 6) is 0.0166. The molecule has 0 saturated carbocycles. The first-order chi connectivity index (χ1) is 7.95. The summed E-state index contributed by atoms with van der Waals surface area (Å²) in [4.78, 5) is 11.7. The van der Waals surface area contributed by atoms with E-state index in [2.05, 4.69) is 21.2 Å². The first kappa shape index (κ1) is 14.8. The standard InChI is InChI=1S/C11H13BrCl2N2O/c1-6(5-15)4-9(17)16-8-3-2-7(12)10(13)11(8)14/h2-3,6H,4-5,15H2,1H3,(H,16,17). The minimum absolute atomic E-state index is 0.122. The average molecular weight is 340 g/mol. The highest BCUT2D eigenvalue weighted by Crippen LogP contribution is 2.35. The predicted octanol–water partition coefficient (Wildman–Crippen LogP) is 3.68. The van der Waals surface area contributed by atoms with Crippen molar-refractivity contribution in [2.24, 2.45) is 11.7 Å². The van der Waals surface area contributed by atoms with E-state index < -0.39 is 0 Å². The molecule has 0 spiro atoms. The topological polar surface area (TPSA) is 55.1 Å². The van der Waals surface area contributed by atoms with Gasteiger partial charge in [-0.2, -0.15) is 0 Å². The minimum atomic E-state index is -0.122. The van der Waals surface area contributed by atoms with Crippen molar-refractivity contribution in [3.05, 3.63) is 26.7 Å². The van der Waals surface area contributed by atoms with Crippen LogP contribution in [0.5, 0.6) is 0 Å². The van der Waals surface area contributed by atoms with Gasteiger partial charge in [-0.15, -0.1) is 0 Å². The molecule has 3 N–H and O–H groups in total. The lowest BCUT2D eigenvalue weighted by Crippen LogP contribution is -2.20. The monoisotopic (exact) mass is 338 g/mol. The van der Waals surface area contributed by atoms with Gasteiger partial charge >= 0.3 is 0 Å². The van der Waals surface area contributed by atoms with Gasteiger partial charge in [-0.1, -0.05) is 30.1 Å². The normalized spacial score (nSPS) is 12.3. The van der Waals surface area contributed by atoms with Gasteiger partial charge in [-0.05, 0) is 40.5 Å². The Bertz CT molecular complexity index is 426. The third-order valence-electron chi connectivity index (χ3n) is 2.25. The van der Waals surface area contributed by atoms with E-state index in [0.29, 0.717) is 33.2 Å². The number of hydrogen-bond donors (Lipinski definition) is 2. The van der Waals surface area contributed by atoms with Crippen LogP contribution in [0.1, 0.15) is 13.3 Å². The molecule has 1 rings (SSSR count). The van der Waals surface area contributed by atoms with Crippen molar-refractivity contribution in [2.75, 3.05) is 11.9 Å². The van der Waals surface area contributed by atoms with Crippen molar-refractivity contribution in [1.29, 1.82) is 0 Å². The molecule has 0 aliphatic carbocycles. The molecule has 0 fully saturated rings. The molecule has 1 amide bonds. The molecule has 3 nitrogen and oxygen atoms in total. The van der Waals surface area contributed by atoms with Gasteiger partial charge in [0.15, 0.2) is 0 Å². The Balaban J connectivity index is 2.76. The largest absolute Gasteiger partial charge is 0.330 e. The molecule has 1 unspecified atom stereocenters. The zero-order valence-corrected chi connectivity index (χ0v) is 12.4. The lowest BCUT2D eigenvalue weighted by molar-refractivity contribution is -0.116. The SMILES string of the molecule is CC(CN)CC(=O)Nc1ccc(Br)c(Cl)c1Cl. The van der Waals surface area contributed by atoms with E-state index in [0.717, 1.165) is 0 Å². The van der Waals surface area contributed by atoms with Crippen LogP contribution < -0.4 is 11.1 Å². The molecule has 0 aromatic heterocycles. The first-order valence-electron chi connectivity index (χ1n) is 5.09. The van der Waals surface area contributed by atoms with Crippen LogP contribution in [0.25, 0.3) is 0 Å². The number of rotatable bonds is 4. The summed E-state index contributed by atoms with van der Waals surface area (Å²) in [6, 6.07) is 3.43. The van der Waals surface area contributed by atoms with E-state index in [1.54, 1.807) is 12.1 Å². The smallest absolute Gasteiger partial charge is 0.224 e. The van der Waals surface area contributed by atoms with Gasteiger partial charge in [0.1, 0.15) is 0 Å². The zero-order chi connectivity index (χ0) is 13.0. The molecule has 0 heterocycles. The second kappa shape index (κ2) is 6.59. The molecule has 1 aromatic rings. The fraction of sp³-hybridized carbons (Fsp3) is 0.364. The van der Waals surface area contributed by atoms with Crippen LogP contribution in [-0.2, 0) is 4.79 Å². The summed E-state index contributed by atoms with van der Waals surface area (Å²) in [5, 5.41) is 3.43. The number of halogens is 3. The third-order valence-corrected chi connectivity index (χ3v) is 4.02. The maximum absolute atomic E-state index is 11.7. The van der Waals surface area contributed by atoms with E-state index >= 15 is 0 Å². The molecule has 0 aliphatic rings. The van der Waals surface area contributed by atoms with E-state index in [1.807, 2.05) is 6.92 Å². The fourth-order valence-corrected chi connectivity index (χ4v) is 2.04. The first-order valence-corrected chi connectivity index (χ1v) is 6.64. The molecule has 1 aromatic carbocycles. The Morgan fingerprint density at radius 3 is 2.71 bits per heavy atom. The molecule has 0 saturated heterocycles. The molecular weight excluding hydrogens is 327 g/mol. The van der Waals surface area contributed by atoms with Crippen molar-refractivity contribution < 1.29 is 4.79 Å². The summed E-state index contributed by atoms with van der Waals surface area (Å²) in [7, 11) is 0. The Morgan fingerprint density at radius 2 is 2.12 bits per heavy atom. The van der Waals surface area contributed by atoms with Gasteiger partial charge in [0.2, 0.25) is 5.91 Å². The summed E-state index contributed by atoms with van der Waals surface area (Å²) < 4.78 is 0.692. The molecule has 0 aliphatic heterocycles. The molecule has 1 atom stereocenters. The van der Waals surface area contributed by atoms with E-state index in [-0.39, 0.29) is 11.8 Å². The number of carbonyl (C=O) groups excluding carboxylic acids is 1. The number of anilines is 1. The van der Waals surface area contributed by atoms with Gasteiger partial charge < -0.3 is 11.1 Å². The molecule has 0 radical (unpaired) electrons. The van der Waals surface area contributed by atoms with Crippen molar-refractivity contribution in [1.82, 2.24) is 0 Å². The van der Waals surface area contributed by atoms with Crippen molar-refractivity contribution in [3.8, 4) is 0 Å². The Kier molecular flexibility index (Phi) is 5.73. The summed E-state index contributed by atoms with van der Waals surface area (Å²) in [6.45, 7) is 2.39. The van der Waals surface area contributed by atoms with Gasteiger partial charge in [0, 0.05) is 10.9 Å². The maximum Gasteiger partial charge on any atom is 0.224 e. The molecule has 6 heteroatoms. The molecular formula is C11H13BrCl2N2O. The second-order valence-electron chi connectivity index (χ2n) is 3.82. The van der Waals surface area contributed by atoms with Gasteiger partial charge in [0.25, 0.3) is 0 Å². The van der Waals surface area contributed by atoms with Crippen LogP contribution in [0.2, 0.25) is 10.0 Å². The number of carbonyl (C=O) groups is 1. The Hall–Kier alpha value is -0.290. The van der Waals surface area contributed by atoms with Crippen LogP contribution in [0, 0.1) is 5.92 Å². The van der Waals surface area contributed by atoms with Crippen LogP contribution in [0.3, 0.4) is 0 Å². The van der Waals surface area contributed by atoms with Crippen LogP contribution in [-0.4, -0.2) is 12.5 Å². The third kappa shape index (κ3) is 4.14. The van der Waals surface area contributed by atoms with Crippen molar-refractivity contribution in [3.63, 3.8) is 0 Å². The highest BCUT2D eigenvalue weighted by Gasteiger charge is 2.12. The van der Waals surface area contributed by atoms with Gasteiger partial charge in [0.05, 0.1) is 15.7 Å². The lowest BCUT2D eigenvalue weighted by Gasteiger charge is -2.11. The van der Waals surface area contributed by atoms with E-state index in [4.69, 9.17) is 28.9 Å². The zero-order valence-electron chi connectivity index (χ0n) is 9.27. The number of nitrogens with two attached hydrogens (primary N) is 1. The van der Waals surface area contributed by atoms with Crippen LogP contribution in [0.4, 0.5) is 5.69 Å². The predicted molar refractivity (Wildman–Crippen MR) is 75.6 cm³/mol. The Morgan fingerprint density at radius 1 is 1.47 bits per heavy atom. The number of nitrogens with one attached hydrogen (secondary N) is 1. The minimum Gasteiger partial charge on any atom is -0.330 e. The van der Waals surface area contributed by atoms with Crippen molar-refractivity contribution in [2.45, 2.75) is 13.3 Å². The maximum atomic E-state index is 11.7. The number of amides is 1. The average Bonchev–Trinajstić information content (AvgIpc) is 2.29. The molecule has 0 bridgehead atoms. The fourth-order valence-electron chi connectivity index (χ4n) is 1.22. The summed E-state index contributed by atoms with van der Waals surface area (Å²) >= 11 is 15.2. The highest BCUT2D eigenvalue weighted by molar-refractivity contribution is 9.10. The van der Waals surface area contributed by atoms with E-state index in [1.165, 1.54) is 0 Å². The number of benzene rings is 1. The van der Waals surface area contributed by atoms with Crippen LogP contribution in [0.15, 0.2) is 16.6 Å². The lowest BCUT2D eigenvalue weighted by atomic mass is 10.1. The summed E-state index contributed by atoms with van der Waals surface area (Å²) in [6.07, 6.45) is 0.362. The van der Waals surface area contributed by atoms with Crippen LogP contribution >= 0.6 is 39.1 Å². The highest BCUT2D eigenvalue weighted by atomic mass is 79.9.